The van der Waals surface area contributed by atoms with Crippen LogP contribution in [-0.4, -0.2) is 34.0 Å². The lowest BCUT2D eigenvalue weighted by atomic mass is 10.1. The van der Waals surface area contributed by atoms with E-state index in [0.717, 1.165) is 47.6 Å². The van der Waals surface area contributed by atoms with E-state index in [1.165, 1.54) is 5.56 Å². The molecule has 1 aliphatic rings. The molecule has 2 unspecified atom stereocenters. The summed E-state index contributed by atoms with van der Waals surface area (Å²) in [5, 5.41) is 10.6. The third-order valence-electron chi connectivity index (χ3n) is 5.06. The van der Waals surface area contributed by atoms with Crippen molar-refractivity contribution in [2.75, 3.05) is 13.2 Å². The number of aryl methyl sites for hydroxylation is 2. The van der Waals surface area contributed by atoms with Gasteiger partial charge in [0.15, 0.2) is 0 Å². The molecule has 1 N–H and O–H groups in total. The van der Waals surface area contributed by atoms with E-state index < -0.39 is 6.10 Å². The van der Waals surface area contributed by atoms with E-state index in [-0.39, 0.29) is 12.7 Å². The fraction of sp³-hybridized carbons (Fsp3) is 0.409. The van der Waals surface area contributed by atoms with E-state index in [4.69, 9.17) is 14.5 Å². The average Bonchev–Trinajstić information content (AvgIpc) is 3.29. The molecule has 1 aromatic heterocycles. The van der Waals surface area contributed by atoms with Gasteiger partial charge in [0.05, 0.1) is 17.6 Å². The first-order valence-electron chi connectivity index (χ1n) is 9.56. The largest absolute Gasteiger partial charge is 0.491 e. The van der Waals surface area contributed by atoms with Crippen molar-refractivity contribution in [1.29, 1.82) is 0 Å². The third-order valence-corrected chi connectivity index (χ3v) is 5.06. The van der Waals surface area contributed by atoms with Crippen molar-refractivity contribution in [3.8, 4) is 5.75 Å². The van der Waals surface area contributed by atoms with Crippen LogP contribution in [0, 0.1) is 13.8 Å². The molecule has 1 fully saturated rings. The van der Waals surface area contributed by atoms with Gasteiger partial charge >= 0.3 is 0 Å². The van der Waals surface area contributed by atoms with Crippen LogP contribution >= 0.6 is 0 Å². The number of rotatable bonds is 6. The maximum atomic E-state index is 10.6. The summed E-state index contributed by atoms with van der Waals surface area (Å²) in [6.07, 6.45) is 1.39. The van der Waals surface area contributed by atoms with Gasteiger partial charge in [-0.3, -0.25) is 0 Å². The first-order chi connectivity index (χ1) is 13.1. The highest BCUT2D eigenvalue weighted by atomic mass is 16.5. The van der Waals surface area contributed by atoms with Crippen molar-refractivity contribution in [2.24, 2.45) is 0 Å². The SMILES string of the molecule is Cc1ccc(OCC(O)Cn2c(C3CCCO3)nc3ccccc32)c(C)c1. The Morgan fingerprint density at radius 3 is 2.89 bits per heavy atom. The van der Waals surface area contributed by atoms with Crippen molar-refractivity contribution >= 4 is 11.0 Å². The maximum absolute atomic E-state index is 10.6. The lowest BCUT2D eigenvalue weighted by Crippen LogP contribution is -2.25. The molecule has 2 heterocycles. The van der Waals surface area contributed by atoms with Gasteiger partial charge in [0, 0.05) is 6.61 Å². The minimum absolute atomic E-state index is 0.00450. The minimum Gasteiger partial charge on any atom is -0.491 e. The van der Waals surface area contributed by atoms with Crippen molar-refractivity contribution in [3.63, 3.8) is 0 Å². The number of nitrogens with zero attached hydrogens (tertiary/aromatic N) is 2. The molecule has 0 bridgehead atoms. The second-order valence-electron chi connectivity index (χ2n) is 7.30. The van der Waals surface area contributed by atoms with E-state index in [2.05, 4.69) is 17.6 Å². The van der Waals surface area contributed by atoms with Gasteiger partial charge in [0.25, 0.3) is 0 Å². The van der Waals surface area contributed by atoms with Crippen molar-refractivity contribution in [2.45, 2.75) is 45.4 Å². The predicted octanol–water partition coefficient (Wildman–Crippen LogP) is 3.94. The molecule has 142 valence electrons. The molecule has 0 amide bonds. The number of hydrogen-bond donors (Lipinski definition) is 1. The smallest absolute Gasteiger partial charge is 0.139 e. The molecule has 0 aliphatic carbocycles. The van der Waals surface area contributed by atoms with Gasteiger partial charge in [0.2, 0.25) is 0 Å². The quantitative estimate of drug-likeness (QED) is 0.718. The summed E-state index contributed by atoms with van der Waals surface area (Å²) in [6.45, 7) is 5.52. The number of para-hydroxylation sites is 2. The number of aliphatic hydroxyl groups excluding tert-OH is 1. The van der Waals surface area contributed by atoms with Gasteiger partial charge in [-0.1, -0.05) is 29.8 Å². The van der Waals surface area contributed by atoms with Crippen molar-refractivity contribution < 1.29 is 14.6 Å². The van der Waals surface area contributed by atoms with Crippen molar-refractivity contribution in [1.82, 2.24) is 9.55 Å². The van der Waals surface area contributed by atoms with Gasteiger partial charge < -0.3 is 19.1 Å². The minimum atomic E-state index is -0.636. The van der Waals surface area contributed by atoms with E-state index in [1.54, 1.807) is 0 Å². The fourth-order valence-corrected chi connectivity index (χ4v) is 3.72. The Labute approximate surface area is 159 Å². The molecule has 2 aromatic carbocycles. The lowest BCUT2D eigenvalue weighted by molar-refractivity contribution is 0.0804. The number of aliphatic hydroxyl groups is 1. The monoisotopic (exact) mass is 366 g/mol. The Hall–Kier alpha value is -2.37. The molecule has 4 rings (SSSR count). The van der Waals surface area contributed by atoms with E-state index in [1.807, 2.05) is 43.3 Å². The summed E-state index contributed by atoms with van der Waals surface area (Å²) in [4.78, 5) is 4.78. The highest BCUT2D eigenvalue weighted by Gasteiger charge is 2.25. The first kappa shape index (κ1) is 18.0. The normalized spacial score (nSPS) is 18.1. The zero-order chi connectivity index (χ0) is 18.8. The Morgan fingerprint density at radius 1 is 1.26 bits per heavy atom. The summed E-state index contributed by atoms with van der Waals surface area (Å²) in [6, 6.07) is 14.1. The molecule has 0 radical (unpaired) electrons. The standard InChI is InChI=1S/C22H26N2O3/c1-15-9-10-20(16(2)12-15)27-14-17(25)13-24-19-7-4-3-6-18(19)23-22(24)21-8-5-11-26-21/h3-4,6-7,9-10,12,17,21,25H,5,8,11,13-14H2,1-2H3. The Morgan fingerprint density at radius 2 is 2.11 bits per heavy atom. The van der Waals surface area contributed by atoms with E-state index >= 15 is 0 Å². The number of aromatic nitrogens is 2. The van der Waals surface area contributed by atoms with Crippen LogP contribution in [0.4, 0.5) is 0 Å². The van der Waals surface area contributed by atoms with Crippen LogP contribution < -0.4 is 4.74 Å². The summed E-state index contributed by atoms with van der Waals surface area (Å²) >= 11 is 0. The molecule has 27 heavy (non-hydrogen) atoms. The summed E-state index contributed by atoms with van der Waals surface area (Å²) in [7, 11) is 0. The Bertz CT molecular complexity index is 928. The maximum Gasteiger partial charge on any atom is 0.139 e. The molecule has 1 saturated heterocycles. The summed E-state index contributed by atoms with van der Waals surface area (Å²) in [5.74, 6) is 1.72. The first-order valence-corrected chi connectivity index (χ1v) is 9.56. The zero-order valence-corrected chi connectivity index (χ0v) is 15.9. The van der Waals surface area contributed by atoms with Crippen LogP contribution in [0.15, 0.2) is 42.5 Å². The highest BCUT2D eigenvalue weighted by Crippen LogP contribution is 2.30. The molecule has 1 aliphatic heterocycles. The van der Waals surface area contributed by atoms with Gasteiger partial charge in [-0.05, 0) is 50.5 Å². The van der Waals surface area contributed by atoms with Crippen LogP contribution in [0.1, 0.15) is 35.9 Å². The number of imidazole rings is 1. The number of benzene rings is 2. The summed E-state index contributed by atoms with van der Waals surface area (Å²) < 4.78 is 13.8. The van der Waals surface area contributed by atoms with Crippen LogP contribution in [0.25, 0.3) is 11.0 Å². The van der Waals surface area contributed by atoms with Crippen LogP contribution in [0.2, 0.25) is 0 Å². The number of fused-ring (bicyclic) bond motifs is 1. The highest BCUT2D eigenvalue weighted by molar-refractivity contribution is 5.76. The lowest BCUT2D eigenvalue weighted by Gasteiger charge is -2.18. The Balaban J connectivity index is 1.52. The topological polar surface area (TPSA) is 56.5 Å². The van der Waals surface area contributed by atoms with E-state index in [0.29, 0.717) is 6.54 Å². The second kappa shape index (κ2) is 7.71. The second-order valence-corrected chi connectivity index (χ2v) is 7.30. The van der Waals surface area contributed by atoms with E-state index in [9.17, 15) is 5.11 Å². The third kappa shape index (κ3) is 3.84. The van der Waals surface area contributed by atoms with Crippen molar-refractivity contribution in [3.05, 3.63) is 59.4 Å². The molecule has 0 spiro atoms. The van der Waals surface area contributed by atoms with Crippen LogP contribution in [0.5, 0.6) is 5.75 Å². The molecule has 0 saturated carbocycles. The average molecular weight is 366 g/mol. The molecule has 5 heteroatoms. The van der Waals surface area contributed by atoms with Gasteiger partial charge in [0.1, 0.15) is 30.4 Å². The molecular formula is C22H26N2O3. The predicted molar refractivity (Wildman–Crippen MR) is 105 cm³/mol. The van der Waals surface area contributed by atoms with Gasteiger partial charge in [-0.2, -0.15) is 0 Å². The molecular weight excluding hydrogens is 340 g/mol. The molecule has 5 nitrogen and oxygen atoms in total. The van der Waals surface area contributed by atoms with Gasteiger partial charge in [-0.15, -0.1) is 0 Å². The number of ether oxygens (including phenoxy) is 2. The Kier molecular flexibility index (Phi) is 5.14. The molecule has 3 aromatic rings. The fourth-order valence-electron chi connectivity index (χ4n) is 3.72. The zero-order valence-electron chi connectivity index (χ0n) is 15.9. The van der Waals surface area contributed by atoms with Gasteiger partial charge in [-0.25, -0.2) is 4.98 Å². The van der Waals surface area contributed by atoms with Crippen LogP contribution in [-0.2, 0) is 11.3 Å². The number of hydrogen-bond acceptors (Lipinski definition) is 4. The molecule has 2 atom stereocenters. The van der Waals surface area contributed by atoms with Crippen LogP contribution in [0.3, 0.4) is 0 Å². The summed E-state index contributed by atoms with van der Waals surface area (Å²) in [5.41, 5.74) is 4.24.